The molecule has 0 radical (unpaired) electrons. The van der Waals surface area contributed by atoms with Gasteiger partial charge in [-0.05, 0) is 24.6 Å². The fourth-order valence-corrected chi connectivity index (χ4v) is 3.27. The predicted octanol–water partition coefficient (Wildman–Crippen LogP) is 1.92. The summed E-state index contributed by atoms with van der Waals surface area (Å²) in [5, 5.41) is 12.7. The summed E-state index contributed by atoms with van der Waals surface area (Å²) in [5.41, 5.74) is 0.798. The van der Waals surface area contributed by atoms with Gasteiger partial charge in [0.25, 0.3) is 0 Å². The molecule has 0 aliphatic rings. The minimum Gasteiger partial charge on any atom is -0.478 e. The van der Waals surface area contributed by atoms with Crippen LogP contribution in [0.15, 0.2) is 38.4 Å². The molecule has 0 fully saturated rings. The molecule has 9 heteroatoms. The first-order valence-electron chi connectivity index (χ1n) is 5.73. The Bertz CT molecular complexity index is 771. The number of hydrogen-bond donors (Lipinski definition) is 2. The number of halogens is 1. The van der Waals surface area contributed by atoms with E-state index in [0.717, 1.165) is 6.07 Å². The molecule has 0 aliphatic carbocycles. The van der Waals surface area contributed by atoms with Gasteiger partial charge in [-0.25, -0.2) is 17.9 Å². The van der Waals surface area contributed by atoms with Crippen molar-refractivity contribution in [1.82, 2.24) is 9.88 Å². The summed E-state index contributed by atoms with van der Waals surface area (Å²) in [4.78, 5) is 11.0. The first-order chi connectivity index (χ1) is 9.81. The number of carbonyl (C=O) groups is 1. The Labute approximate surface area is 129 Å². The molecular weight excluding hydrogens is 364 g/mol. The molecule has 1 aromatic carbocycles. The minimum atomic E-state index is -3.86. The molecule has 1 aromatic heterocycles. The third-order valence-corrected chi connectivity index (χ3v) is 5.00. The molecule has 2 rings (SSSR count). The van der Waals surface area contributed by atoms with Crippen LogP contribution in [-0.2, 0) is 16.6 Å². The van der Waals surface area contributed by atoms with Gasteiger partial charge in [-0.3, -0.25) is 0 Å². The third-order valence-electron chi connectivity index (χ3n) is 2.79. The first kappa shape index (κ1) is 15.7. The first-order valence-corrected chi connectivity index (χ1v) is 8.01. The van der Waals surface area contributed by atoms with Crippen LogP contribution in [0.2, 0.25) is 0 Å². The van der Waals surface area contributed by atoms with Gasteiger partial charge in [0, 0.05) is 10.5 Å². The highest BCUT2D eigenvalue weighted by Crippen LogP contribution is 2.25. The molecule has 0 atom stereocenters. The number of benzene rings is 1. The quantitative estimate of drug-likeness (QED) is 0.827. The molecule has 0 saturated heterocycles. The second-order valence-corrected chi connectivity index (χ2v) is 6.82. The van der Waals surface area contributed by atoms with Crippen LogP contribution < -0.4 is 4.72 Å². The standard InChI is InChI=1S/C12H11BrN2O5S/c1-7-10(12(16)17)4-9(5-11(7)13)21(18,19)14-6-8-2-3-20-15-8/h2-5,14H,6H2,1H3,(H,16,17). The van der Waals surface area contributed by atoms with Crippen LogP contribution in [-0.4, -0.2) is 24.7 Å². The molecule has 0 amide bonds. The maximum atomic E-state index is 12.2. The van der Waals surface area contributed by atoms with Crippen molar-refractivity contribution < 1.29 is 22.8 Å². The molecule has 0 saturated carbocycles. The van der Waals surface area contributed by atoms with E-state index in [2.05, 4.69) is 30.3 Å². The van der Waals surface area contributed by atoms with Crippen LogP contribution in [0.1, 0.15) is 21.6 Å². The Balaban J connectivity index is 2.33. The number of aromatic nitrogens is 1. The fourth-order valence-electron chi connectivity index (χ4n) is 1.61. The smallest absolute Gasteiger partial charge is 0.336 e. The normalized spacial score (nSPS) is 11.5. The summed E-state index contributed by atoms with van der Waals surface area (Å²) >= 11 is 3.16. The number of aromatic carboxylic acids is 1. The lowest BCUT2D eigenvalue weighted by Gasteiger charge is -2.09. The van der Waals surface area contributed by atoms with Gasteiger partial charge in [-0.2, -0.15) is 0 Å². The van der Waals surface area contributed by atoms with Crippen molar-refractivity contribution in [2.75, 3.05) is 0 Å². The predicted molar refractivity (Wildman–Crippen MR) is 76.4 cm³/mol. The largest absolute Gasteiger partial charge is 0.478 e. The highest BCUT2D eigenvalue weighted by Gasteiger charge is 2.20. The summed E-state index contributed by atoms with van der Waals surface area (Å²) in [7, 11) is -3.86. The molecular formula is C12H11BrN2O5S. The number of nitrogens with zero attached hydrogens (tertiary/aromatic N) is 1. The molecule has 0 spiro atoms. The van der Waals surface area contributed by atoms with E-state index in [0.29, 0.717) is 15.7 Å². The van der Waals surface area contributed by atoms with Gasteiger partial charge in [0.2, 0.25) is 10.0 Å². The Morgan fingerprint density at radius 2 is 2.19 bits per heavy atom. The second kappa shape index (κ2) is 5.96. The van der Waals surface area contributed by atoms with Gasteiger partial charge in [0.1, 0.15) is 6.26 Å². The number of carboxylic acid groups (broad SMARTS) is 1. The van der Waals surface area contributed by atoms with E-state index in [9.17, 15) is 13.2 Å². The van der Waals surface area contributed by atoms with Gasteiger partial charge in [-0.15, -0.1) is 0 Å². The fraction of sp³-hybridized carbons (Fsp3) is 0.167. The van der Waals surface area contributed by atoms with Gasteiger partial charge in [0.15, 0.2) is 0 Å². The molecule has 0 aliphatic heterocycles. The summed E-state index contributed by atoms with van der Waals surface area (Å²) in [6.07, 6.45) is 1.33. The summed E-state index contributed by atoms with van der Waals surface area (Å²) in [6, 6.07) is 4.00. The van der Waals surface area contributed by atoms with Crippen LogP contribution in [0.4, 0.5) is 0 Å². The van der Waals surface area contributed by atoms with E-state index in [1.54, 1.807) is 6.92 Å². The van der Waals surface area contributed by atoms with Crippen molar-refractivity contribution >= 4 is 31.9 Å². The molecule has 0 unspecified atom stereocenters. The minimum absolute atomic E-state index is 0.0489. The van der Waals surface area contributed by atoms with Crippen molar-refractivity contribution in [1.29, 1.82) is 0 Å². The lowest BCUT2D eigenvalue weighted by Crippen LogP contribution is -2.24. The number of sulfonamides is 1. The molecule has 0 bridgehead atoms. The molecule has 2 N–H and O–H groups in total. The SMILES string of the molecule is Cc1c(Br)cc(S(=O)(=O)NCc2ccon2)cc1C(=O)O. The van der Waals surface area contributed by atoms with Crippen LogP contribution in [0.3, 0.4) is 0 Å². The average Bonchev–Trinajstić information content (AvgIpc) is 2.92. The maximum absolute atomic E-state index is 12.2. The van der Waals surface area contributed by atoms with Crippen molar-refractivity contribution in [2.24, 2.45) is 0 Å². The van der Waals surface area contributed by atoms with E-state index in [1.807, 2.05) is 0 Å². The Kier molecular flexibility index (Phi) is 4.45. The zero-order valence-corrected chi connectivity index (χ0v) is 13.2. The van der Waals surface area contributed by atoms with Gasteiger partial charge < -0.3 is 9.63 Å². The monoisotopic (exact) mass is 374 g/mol. The lowest BCUT2D eigenvalue weighted by atomic mass is 10.1. The number of nitrogens with one attached hydrogen (secondary N) is 1. The van der Waals surface area contributed by atoms with Gasteiger partial charge in [0.05, 0.1) is 22.7 Å². The van der Waals surface area contributed by atoms with Crippen molar-refractivity contribution in [2.45, 2.75) is 18.4 Å². The average molecular weight is 375 g/mol. The molecule has 112 valence electrons. The maximum Gasteiger partial charge on any atom is 0.336 e. The van der Waals surface area contributed by atoms with E-state index < -0.39 is 16.0 Å². The molecule has 7 nitrogen and oxygen atoms in total. The second-order valence-electron chi connectivity index (χ2n) is 4.20. The number of rotatable bonds is 5. The summed E-state index contributed by atoms with van der Waals surface area (Å²) in [6.45, 7) is 1.54. The van der Waals surface area contributed by atoms with E-state index in [-0.39, 0.29) is 17.0 Å². The Morgan fingerprint density at radius 3 is 2.76 bits per heavy atom. The molecule has 2 aromatic rings. The molecule has 1 heterocycles. The highest BCUT2D eigenvalue weighted by atomic mass is 79.9. The van der Waals surface area contributed by atoms with Crippen molar-refractivity contribution in [3.05, 3.63) is 45.8 Å². The lowest BCUT2D eigenvalue weighted by molar-refractivity contribution is 0.0695. The highest BCUT2D eigenvalue weighted by molar-refractivity contribution is 9.10. The Hall–Kier alpha value is -1.71. The van der Waals surface area contributed by atoms with Crippen LogP contribution >= 0.6 is 15.9 Å². The van der Waals surface area contributed by atoms with Crippen molar-refractivity contribution in [3.63, 3.8) is 0 Å². The van der Waals surface area contributed by atoms with E-state index in [1.165, 1.54) is 18.4 Å². The topological polar surface area (TPSA) is 110 Å². The van der Waals surface area contributed by atoms with Crippen LogP contribution in [0, 0.1) is 6.92 Å². The zero-order valence-electron chi connectivity index (χ0n) is 10.8. The van der Waals surface area contributed by atoms with Crippen LogP contribution in [0.25, 0.3) is 0 Å². The van der Waals surface area contributed by atoms with Crippen molar-refractivity contribution in [3.8, 4) is 0 Å². The van der Waals surface area contributed by atoms with Gasteiger partial charge in [-0.1, -0.05) is 21.1 Å². The van der Waals surface area contributed by atoms with Crippen LogP contribution in [0.5, 0.6) is 0 Å². The zero-order chi connectivity index (χ0) is 15.6. The number of carboxylic acids is 1. The number of hydrogen-bond acceptors (Lipinski definition) is 5. The van der Waals surface area contributed by atoms with E-state index >= 15 is 0 Å². The summed E-state index contributed by atoms with van der Waals surface area (Å²) in [5.74, 6) is -1.19. The van der Waals surface area contributed by atoms with E-state index in [4.69, 9.17) is 5.11 Å². The third kappa shape index (κ3) is 3.49. The molecule has 21 heavy (non-hydrogen) atoms. The Morgan fingerprint density at radius 1 is 1.48 bits per heavy atom. The summed E-state index contributed by atoms with van der Waals surface area (Å²) < 4.78 is 31.7. The van der Waals surface area contributed by atoms with Gasteiger partial charge >= 0.3 is 5.97 Å².